The largest absolute Gasteiger partial charge is 0.355 e. The second-order valence-corrected chi connectivity index (χ2v) is 5.33. The van der Waals surface area contributed by atoms with Crippen LogP contribution in [0.2, 0.25) is 0 Å². The van der Waals surface area contributed by atoms with Gasteiger partial charge in [0.1, 0.15) is 0 Å². The van der Waals surface area contributed by atoms with Crippen molar-refractivity contribution >= 4 is 5.91 Å². The molecule has 3 nitrogen and oxygen atoms in total. The maximum Gasteiger partial charge on any atom is 0.222 e. The average molecular weight is 210 g/mol. The second kappa shape index (κ2) is 4.12. The van der Waals surface area contributed by atoms with E-state index in [1.54, 1.807) is 0 Å². The summed E-state index contributed by atoms with van der Waals surface area (Å²) >= 11 is 0. The van der Waals surface area contributed by atoms with E-state index in [0.717, 1.165) is 18.9 Å². The van der Waals surface area contributed by atoms with Gasteiger partial charge in [0.15, 0.2) is 0 Å². The van der Waals surface area contributed by atoms with Gasteiger partial charge >= 0.3 is 0 Å². The zero-order valence-corrected chi connectivity index (χ0v) is 9.59. The van der Waals surface area contributed by atoms with Crippen LogP contribution in [0.25, 0.3) is 0 Å². The number of amides is 1. The highest BCUT2D eigenvalue weighted by molar-refractivity contribution is 5.78. The lowest BCUT2D eigenvalue weighted by Crippen LogP contribution is -2.35. The fourth-order valence-corrected chi connectivity index (χ4v) is 2.40. The quantitative estimate of drug-likeness (QED) is 0.694. The molecular formula is C12H22N2O. The molecule has 0 aromatic rings. The predicted molar refractivity (Wildman–Crippen MR) is 60.2 cm³/mol. The van der Waals surface area contributed by atoms with Crippen LogP contribution in [0, 0.1) is 17.3 Å². The maximum absolute atomic E-state index is 11.7. The van der Waals surface area contributed by atoms with E-state index in [0.29, 0.717) is 12.0 Å². The smallest absolute Gasteiger partial charge is 0.222 e. The van der Waals surface area contributed by atoms with Gasteiger partial charge in [-0.15, -0.1) is 0 Å². The highest BCUT2D eigenvalue weighted by Gasteiger charge is 2.53. The van der Waals surface area contributed by atoms with Crippen molar-refractivity contribution in [2.45, 2.75) is 39.0 Å². The van der Waals surface area contributed by atoms with Gasteiger partial charge in [0, 0.05) is 12.5 Å². The van der Waals surface area contributed by atoms with E-state index in [2.05, 4.69) is 5.32 Å². The third kappa shape index (κ3) is 2.51. The Morgan fingerprint density at radius 2 is 2.20 bits per heavy atom. The topological polar surface area (TPSA) is 55.1 Å². The predicted octanol–water partition coefficient (Wildman–Crippen LogP) is 1.28. The first-order chi connectivity index (χ1) is 7.18. The van der Waals surface area contributed by atoms with Gasteiger partial charge in [0.25, 0.3) is 0 Å². The second-order valence-electron chi connectivity index (χ2n) is 5.33. The van der Waals surface area contributed by atoms with Gasteiger partial charge in [-0.2, -0.15) is 0 Å². The first kappa shape index (κ1) is 10.9. The Labute approximate surface area is 91.8 Å². The van der Waals surface area contributed by atoms with Crippen LogP contribution in [0.4, 0.5) is 0 Å². The van der Waals surface area contributed by atoms with Gasteiger partial charge in [0.05, 0.1) is 0 Å². The Morgan fingerprint density at radius 3 is 2.67 bits per heavy atom. The number of rotatable bonds is 6. The third-order valence-electron chi connectivity index (χ3n) is 4.00. The zero-order valence-electron chi connectivity index (χ0n) is 9.59. The minimum absolute atomic E-state index is 0.0741. The lowest BCUT2D eigenvalue weighted by atomic mass is 10.00. The van der Waals surface area contributed by atoms with Crippen molar-refractivity contribution in [3.8, 4) is 0 Å². The SMILES string of the molecule is CC(CCN)C(=O)NCC1(C2CC2)CC1. The van der Waals surface area contributed by atoms with Crippen molar-refractivity contribution in [3.63, 3.8) is 0 Å². The van der Waals surface area contributed by atoms with Crippen LogP contribution in [0.3, 0.4) is 0 Å². The average Bonchev–Trinajstić information content (AvgIpc) is 3.04. The lowest BCUT2D eigenvalue weighted by molar-refractivity contribution is -0.124. The Kier molecular flexibility index (Phi) is 3.01. The van der Waals surface area contributed by atoms with E-state index < -0.39 is 0 Å². The number of nitrogens with one attached hydrogen (secondary N) is 1. The molecule has 0 aliphatic heterocycles. The summed E-state index contributed by atoms with van der Waals surface area (Å²) in [6.07, 6.45) is 6.21. The minimum atomic E-state index is 0.0741. The molecule has 0 spiro atoms. The van der Waals surface area contributed by atoms with Crippen molar-refractivity contribution in [3.05, 3.63) is 0 Å². The number of nitrogens with two attached hydrogens (primary N) is 1. The van der Waals surface area contributed by atoms with Crippen molar-refractivity contribution < 1.29 is 4.79 Å². The van der Waals surface area contributed by atoms with Gasteiger partial charge in [0.2, 0.25) is 5.91 Å². The molecule has 0 radical (unpaired) electrons. The molecule has 0 saturated heterocycles. The lowest BCUT2D eigenvalue weighted by Gasteiger charge is -2.17. The summed E-state index contributed by atoms with van der Waals surface area (Å²) in [4.78, 5) is 11.7. The summed E-state index contributed by atoms with van der Waals surface area (Å²) in [6, 6.07) is 0. The normalized spacial score (nSPS) is 24.7. The molecule has 2 saturated carbocycles. The third-order valence-corrected chi connectivity index (χ3v) is 4.00. The molecular weight excluding hydrogens is 188 g/mol. The molecule has 2 aliphatic rings. The standard InChI is InChI=1S/C12H22N2O/c1-9(4-7-13)11(15)14-8-12(5-6-12)10-2-3-10/h9-10H,2-8,13H2,1H3,(H,14,15). The van der Waals surface area contributed by atoms with Crippen LogP contribution >= 0.6 is 0 Å². The Balaban J connectivity index is 1.71. The monoisotopic (exact) mass is 210 g/mol. The van der Waals surface area contributed by atoms with Crippen LogP contribution in [0.1, 0.15) is 39.0 Å². The molecule has 0 heterocycles. The summed E-state index contributed by atoms with van der Waals surface area (Å²) in [7, 11) is 0. The van der Waals surface area contributed by atoms with E-state index in [1.807, 2.05) is 6.92 Å². The molecule has 0 bridgehead atoms. The summed E-state index contributed by atoms with van der Waals surface area (Å²) < 4.78 is 0. The molecule has 15 heavy (non-hydrogen) atoms. The molecule has 0 aromatic carbocycles. The van der Waals surface area contributed by atoms with Crippen molar-refractivity contribution in [2.75, 3.05) is 13.1 Å². The van der Waals surface area contributed by atoms with Crippen LogP contribution in [0.15, 0.2) is 0 Å². The first-order valence-electron chi connectivity index (χ1n) is 6.16. The highest BCUT2D eigenvalue weighted by atomic mass is 16.1. The Hall–Kier alpha value is -0.570. The molecule has 86 valence electrons. The number of carbonyl (C=O) groups excluding carboxylic acids is 1. The molecule has 2 fully saturated rings. The highest BCUT2D eigenvalue weighted by Crippen LogP contribution is 2.60. The summed E-state index contributed by atoms with van der Waals surface area (Å²) in [5, 5.41) is 3.10. The fraction of sp³-hybridized carbons (Fsp3) is 0.917. The van der Waals surface area contributed by atoms with E-state index in [9.17, 15) is 4.79 Å². The van der Waals surface area contributed by atoms with Crippen LogP contribution < -0.4 is 11.1 Å². The Morgan fingerprint density at radius 1 is 1.53 bits per heavy atom. The summed E-state index contributed by atoms with van der Waals surface area (Å²) in [6.45, 7) is 3.46. The molecule has 1 unspecified atom stereocenters. The number of carbonyl (C=O) groups is 1. The van der Waals surface area contributed by atoms with Gasteiger partial charge < -0.3 is 11.1 Å². The number of hydrogen-bond acceptors (Lipinski definition) is 2. The summed E-state index contributed by atoms with van der Waals surface area (Å²) in [5.41, 5.74) is 5.95. The van der Waals surface area contributed by atoms with E-state index in [-0.39, 0.29) is 11.8 Å². The fourth-order valence-electron chi connectivity index (χ4n) is 2.40. The molecule has 1 amide bonds. The molecule has 0 aromatic heterocycles. The van der Waals surface area contributed by atoms with Crippen molar-refractivity contribution in [1.82, 2.24) is 5.32 Å². The zero-order chi connectivity index (χ0) is 10.9. The van der Waals surface area contributed by atoms with Crippen LogP contribution in [-0.4, -0.2) is 19.0 Å². The number of hydrogen-bond donors (Lipinski definition) is 2. The van der Waals surface area contributed by atoms with E-state index in [1.165, 1.54) is 25.7 Å². The van der Waals surface area contributed by atoms with Gasteiger partial charge in [-0.25, -0.2) is 0 Å². The molecule has 2 aliphatic carbocycles. The van der Waals surface area contributed by atoms with Crippen LogP contribution in [-0.2, 0) is 4.79 Å². The van der Waals surface area contributed by atoms with Crippen LogP contribution in [0.5, 0.6) is 0 Å². The molecule has 2 rings (SSSR count). The van der Waals surface area contributed by atoms with E-state index >= 15 is 0 Å². The molecule has 1 atom stereocenters. The minimum Gasteiger partial charge on any atom is -0.355 e. The van der Waals surface area contributed by atoms with Gasteiger partial charge in [-0.1, -0.05) is 6.92 Å². The Bertz CT molecular complexity index is 244. The summed E-state index contributed by atoms with van der Waals surface area (Å²) in [5.74, 6) is 1.18. The van der Waals surface area contributed by atoms with Crippen molar-refractivity contribution in [1.29, 1.82) is 0 Å². The van der Waals surface area contributed by atoms with Crippen molar-refractivity contribution in [2.24, 2.45) is 23.0 Å². The van der Waals surface area contributed by atoms with Gasteiger partial charge in [-0.05, 0) is 50.0 Å². The molecule has 3 heteroatoms. The van der Waals surface area contributed by atoms with Gasteiger partial charge in [-0.3, -0.25) is 4.79 Å². The maximum atomic E-state index is 11.7. The first-order valence-corrected chi connectivity index (χ1v) is 6.16. The van der Waals surface area contributed by atoms with E-state index in [4.69, 9.17) is 5.73 Å². The molecule has 3 N–H and O–H groups in total.